The number of rotatable bonds is 15. The van der Waals surface area contributed by atoms with E-state index in [9.17, 15) is 4.79 Å². The molecule has 0 aliphatic heterocycles. The van der Waals surface area contributed by atoms with E-state index in [0.29, 0.717) is 19.6 Å². The maximum atomic E-state index is 11.4. The summed E-state index contributed by atoms with van der Waals surface area (Å²) in [6.07, 6.45) is 13.4. The average Bonchev–Trinajstić information content (AvgIpc) is 2.49. The lowest BCUT2D eigenvalue weighted by molar-refractivity contribution is -0.144. The van der Waals surface area contributed by atoms with Gasteiger partial charge in [0.2, 0.25) is 0 Å². The van der Waals surface area contributed by atoms with E-state index in [1.807, 2.05) is 0 Å². The Labute approximate surface area is 138 Å². The van der Waals surface area contributed by atoms with Gasteiger partial charge in [-0.05, 0) is 51.4 Å². The highest BCUT2D eigenvalue weighted by Crippen LogP contribution is 2.02. The monoisotopic (exact) mass is 362 g/mol. The molecule has 0 rings (SSSR count). The van der Waals surface area contributed by atoms with Gasteiger partial charge < -0.3 is 9.47 Å². The van der Waals surface area contributed by atoms with Gasteiger partial charge in [0.15, 0.2) is 0 Å². The van der Waals surface area contributed by atoms with Crippen LogP contribution in [0.4, 0.5) is 0 Å². The van der Waals surface area contributed by atoms with E-state index in [4.69, 9.17) is 9.47 Å². The molecule has 21 heavy (non-hydrogen) atoms. The fraction of sp³-hybridized carbons (Fsp3) is 0.824. The van der Waals surface area contributed by atoms with Gasteiger partial charge in [-0.15, -0.1) is 0 Å². The van der Waals surface area contributed by atoms with Crippen LogP contribution in [0.5, 0.6) is 0 Å². The molecule has 3 nitrogen and oxygen atoms in total. The lowest BCUT2D eigenvalue weighted by atomic mass is 10.2. The third kappa shape index (κ3) is 17.6. The van der Waals surface area contributed by atoms with E-state index in [1.54, 1.807) is 0 Å². The first-order valence-electron chi connectivity index (χ1n) is 8.25. The standard InChI is InChI=1S/C17H31BrO3/c1-2-3-4-5-6-9-14-20-15-11-12-17(19)21-16-10-7-8-13-18/h3-4H,2,5-16H2,1H3/b4-3-. The first-order valence-corrected chi connectivity index (χ1v) is 9.37. The second-order valence-electron chi connectivity index (χ2n) is 5.06. The van der Waals surface area contributed by atoms with Crippen LogP contribution in [-0.4, -0.2) is 31.1 Å². The van der Waals surface area contributed by atoms with Gasteiger partial charge in [0.05, 0.1) is 6.61 Å². The smallest absolute Gasteiger partial charge is 0.305 e. The molecule has 0 spiro atoms. The van der Waals surface area contributed by atoms with Crippen LogP contribution in [0.15, 0.2) is 12.2 Å². The zero-order valence-electron chi connectivity index (χ0n) is 13.4. The van der Waals surface area contributed by atoms with Crippen molar-refractivity contribution in [3.05, 3.63) is 12.2 Å². The molecule has 0 bridgehead atoms. The van der Waals surface area contributed by atoms with Crippen LogP contribution in [0.3, 0.4) is 0 Å². The summed E-state index contributed by atoms with van der Waals surface area (Å²) in [4.78, 5) is 11.4. The Balaban J connectivity index is 3.16. The van der Waals surface area contributed by atoms with Gasteiger partial charge in [0.1, 0.15) is 0 Å². The number of alkyl halides is 1. The molecule has 0 aromatic heterocycles. The van der Waals surface area contributed by atoms with Crippen LogP contribution in [0, 0.1) is 0 Å². The second-order valence-corrected chi connectivity index (χ2v) is 5.85. The summed E-state index contributed by atoms with van der Waals surface area (Å²) in [5.74, 6) is -0.0952. The third-order valence-electron chi connectivity index (χ3n) is 3.02. The van der Waals surface area contributed by atoms with E-state index in [-0.39, 0.29) is 5.97 Å². The summed E-state index contributed by atoms with van der Waals surface area (Å²) in [6.45, 7) is 4.15. The Bertz CT molecular complexity index is 254. The number of ether oxygens (including phenoxy) is 2. The molecule has 0 radical (unpaired) electrons. The van der Waals surface area contributed by atoms with Crippen molar-refractivity contribution in [3.8, 4) is 0 Å². The Hall–Kier alpha value is -0.350. The van der Waals surface area contributed by atoms with Crippen molar-refractivity contribution in [3.63, 3.8) is 0 Å². The summed E-state index contributed by atoms with van der Waals surface area (Å²) in [5, 5.41) is 1.02. The van der Waals surface area contributed by atoms with E-state index in [1.165, 1.54) is 6.42 Å². The van der Waals surface area contributed by atoms with Crippen molar-refractivity contribution in [2.75, 3.05) is 25.2 Å². The molecule has 0 fully saturated rings. The summed E-state index contributed by atoms with van der Waals surface area (Å²) < 4.78 is 10.7. The SMILES string of the molecule is CC/C=C\CCCCOCCCC(=O)OCCCCCBr. The number of hydrogen-bond acceptors (Lipinski definition) is 3. The van der Waals surface area contributed by atoms with Crippen LogP contribution in [0.25, 0.3) is 0 Å². The number of carbonyl (C=O) groups excluding carboxylic acids is 1. The number of unbranched alkanes of at least 4 members (excludes halogenated alkanes) is 4. The number of carbonyl (C=O) groups is 1. The van der Waals surface area contributed by atoms with E-state index in [2.05, 4.69) is 35.0 Å². The molecule has 0 aromatic rings. The Kier molecular flexibility index (Phi) is 17.4. The average molecular weight is 363 g/mol. The third-order valence-corrected chi connectivity index (χ3v) is 3.58. The molecule has 0 unspecified atom stereocenters. The molecular formula is C17H31BrO3. The lowest BCUT2D eigenvalue weighted by Crippen LogP contribution is -2.07. The van der Waals surface area contributed by atoms with Crippen LogP contribution in [0.2, 0.25) is 0 Å². The number of hydrogen-bond donors (Lipinski definition) is 0. The maximum Gasteiger partial charge on any atom is 0.305 e. The van der Waals surface area contributed by atoms with Gasteiger partial charge in [-0.2, -0.15) is 0 Å². The van der Waals surface area contributed by atoms with Crippen molar-refractivity contribution < 1.29 is 14.3 Å². The first kappa shape index (κ1) is 20.6. The predicted molar refractivity (Wildman–Crippen MR) is 91.9 cm³/mol. The highest BCUT2D eigenvalue weighted by Gasteiger charge is 2.02. The summed E-state index contributed by atoms with van der Waals surface area (Å²) in [5.41, 5.74) is 0. The molecule has 0 N–H and O–H groups in total. The minimum atomic E-state index is -0.0952. The first-order chi connectivity index (χ1) is 10.3. The van der Waals surface area contributed by atoms with Gasteiger partial charge in [-0.1, -0.05) is 35.0 Å². The normalized spacial score (nSPS) is 11.1. The highest BCUT2D eigenvalue weighted by atomic mass is 79.9. The molecule has 0 heterocycles. The fourth-order valence-corrected chi connectivity index (χ4v) is 2.20. The number of allylic oxidation sites excluding steroid dienone is 2. The molecule has 4 heteroatoms. The van der Waals surface area contributed by atoms with Crippen molar-refractivity contribution in [2.24, 2.45) is 0 Å². The minimum absolute atomic E-state index is 0.0952. The van der Waals surface area contributed by atoms with Gasteiger partial charge in [0.25, 0.3) is 0 Å². The lowest BCUT2D eigenvalue weighted by Gasteiger charge is -2.05. The molecule has 0 saturated heterocycles. The van der Waals surface area contributed by atoms with Gasteiger partial charge >= 0.3 is 5.97 Å². The summed E-state index contributed by atoms with van der Waals surface area (Å²) in [6, 6.07) is 0. The maximum absolute atomic E-state index is 11.4. The van der Waals surface area contributed by atoms with Crippen molar-refractivity contribution in [1.29, 1.82) is 0 Å². The zero-order valence-corrected chi connectivity index (χ0v) is 15.0. The Morgan fingerprint density at radius 2 is 1.71 bits per heavy atom. The van der Waals surface area contributed by atoms with Crippen molar-refractivity contribution in [1.82, 2.24) is 0 Å². The largest absolute Gasteiger partial charge is 0.466 e. The minimum Gasteiger partial charge on any atom is -0.466 e. The van der Waals surface area contributed by atoms with Crippen molar-refractivity contribution in [2.45, 2.75) is 64.7 Å². The fourth-order valence-electron chi connectivity index (χ4n) is 1.80. The van der Waals surface area contributed by atoms with E-state index < -0.39 is 0 Å². The van der Waals surface area contributed by atoms with Crippen LogP contribution >= 0.6 is 15.9 Å². The summed E-state index contributed by atoms with van der Waals surface area (Å²) in [7, 11) is 0. The van der Waals surface area contributed by atoms with Gasteiger partial charge in [0, 0.05) is 25.0 Å². The summed E-state index contributed by atoms with van der Waals surface area (Å²) >= 11 is 3.38. The molecule has 0 amide bonds. The highest BCUT2D eigenvalue weighted by molar-refractivity contribution is 9.09. The number of esters is 1. The van der Waals surface area contributed by atoms with Gasteiger partial charge in [-0.25, -0.2) is 0 Å². The molecule has 0 aliphatic carbocycles. The number of halogens is 1. The Morgan fingerprint density at radius 3 is 2.48 bits per heavy atom. The second kappa shape index (κ2) is 17.7. The Morgan fingerprint density at radius 1 is 0.952 bits per heavy atom. The topological polar surface area (TPSA) is 35.5 Å². The zero-order chi connectivity index (χ0) is 15.6. The van der Waals surface area contributed by atoms with Crippen molar-refractivity contribution >= 4 is 21.9 Å². The molecule has 0 atom stereocenters. The van der Waals surface area contributed by atoms with Crippen LogP contribution in [-0.2, 0) is 14.3 Å². The molecule has 0 aliphatic rings. The van der Waals surface area contributed by atoms with Gasteiger partial charge in [-0.3, -0.25) is 4.79 Å². The van der Waals surface area contributed by atoms with Crippen LogP contribution < -0.4 is 0 Å². The predicted octanol–water partition coefficient (Wildman–Crippen LogP) is 5.03. The molecule has 0 saturated carbocycles. The van der Waals surface area contributed by atoms with Crippen LogP contribution in [0.1, 0.15) is 64.7 Å². The molecular weight excluding hydrogens is 332 g/mol. The quantitative estimate of drug-likeness (QED) is 0.177. The van der Waals surface area contributed by atoms with E-state index >= 15 is 0 Å². The molecule has 0 aromatic carbocycles. The van der Waals surface area contributed by atoms with E-state index in [0.717, 1.165) is 56.9 Å². The molecule has 124 valence electrons.